The van der Waals surface area contributed by atoms with Gasteiger partial charge in [-0.1, -0.05) is 6.07 Å². The van der Waals surface area contributed by atoms with Gasteiger partial charge in [0.05, 0.1) is 36.4 Å². The Labute approximate surface area is 191 Å². The average molecular weight is 476 g/mol. The van der Waals surface area contributed by atoms with E-state index in [0.717, 1.165) is 18.3 Å². The van der Waals surface area contributed by atoms with Crippen LogP contribution in [-0.2, 0) is 26.7 Å². The zero-order chi connectivity index (χ0) is 24.7. The summed E-state index contributed by atoms with van der Waals surface area (Å²) in [5.41, 5.74) is -2.36. The Morgan fingerprint density at radius 3 is 2.29 bits per heavy atom. The zero-order valence-electron chi connectivity index (χ0n) is 18.2. The second kappa shape index (κ2) is 8.41. The number of nitrogens with one attached hydrogen (secondary N) is 1. The van der Waals surface area contributed by atoms with E-state index in [9.17, 15) is 27.5 Å². The molecule has 1 aliphatic heterocycles. The van der Waals surface area contributed by atoms with Crippen molar-refractivity contribution in [1.29, 1.82) is 0 Å². The fraction of sp³-hybridized carbons (Fsp3) is 0.304. The molecule has 4 rings (SSSR count). The molecule has 11 heteroatoms. The van der Waals surface area contributed by atoms with Gasteiger partial charge in [-0.2, -0.15) is 17.6 Å². The summed E-state index contributed by atoms with van der Waals surface area (Å²) in [5, 5.41) is 13.1. The Morgan fingerprint density at radius 1 is 1.06 bits per heavy atom. The first-order valence-electron chi connectivity index (χ1n) is 10.2. The van der Waals surface area contributed by atoms with Gasteiger partial charge in [0.15, 0.2) is 0 Å². The van der Waals surface area contributed by atoms with E-state index in [4.69, 9.17) is 4.74 Å². The summed E-state index contributed by atoms with van der Waals surface area (Å²) in [4.78, 5) is 24.3. The van der Waals surface area contributed by atoms with Gasteiger partial charge in [0.2, 0.25) is 11.9 Å². The maximum absolute atomic E-state index is 13.1. The topological polar surface area (TPSA) is 97.2 Å². The number of nitrogens with zero attached hydrogens (tertiary/aromatic N) is 3. The van der Waals surface area contributed by atoms with Crippen LogP contribution in [0.4, 0.5) is 23.2 Å². The number of pyridine rings is 3. The first kappa shape index (κ1) is 23.7. The number of halogens is 4. The number of hydrogen-bond acceptors (Lipinski definition) is 6. The highest BCUT2D eigenvalue weighted by atomic mass is 19.4. The van der Waals surface area contributed by atoms with Gasteiger partial charge >= 0.3 is 6.18 Å². The van der Waals surface area contributed by atoms with Gasteiger partial charge in [0.1, 0.15) is 11.1 Å². The molecule has 0 saturated carbocycles. The fourth-order valence-electron chi connectivity index (χ4n) is 3.58. The molecule has 4 heterocycles. The lowest BCUT2D eigenvalue weighted by molar-refractivity contribution is -0.141. The maximum Gasteiger partial charge on any atom is 0.433 e. The molecule has 1 aliphatic rings. The Kier molecular flexibility index (Phi) is 5.86. The molecule has 1 amide bonds. The molecule has 0 aliphatic carbocycles. The molecule has 34 heavy (non-hydrogen) atoms. The van der Waals surface area contributed by atoms with E-state index in [1.54, 1.807) is 12.1 Å². The normalized spacial score (nSPS) is 15.5. The number of carbonyl (C=O) groups is 1. The van der Waals surface area contributed by atoms with Crippen LogP contribution >= 0.6 is 0 Å². The number of rotatable bonds is 5. The molecule has 0 spiro atoms. The van der Waals surface area contributed by atoms with Crippen LogP contribution in [0.5, 0.6) is 0 Å². The summed E-state index contributed by atoms with van der Waals surface area (Å²) >= 11 is 0. The summed E-state index contributed by atoms with van der Waals surface area (Å²) < 4.78 is 57.7. The van der Waals surface area contributed by atoms with Crippen LogP contribution < -0.4 is 5.32 Å². The van der Waals surface area contributed by atoms with Crippen molar-refractivity contribution in [3.63, 3.8) is 0 Å². The van der Waals surface area contributed by atoms with E-state index in [2.05, 4.69) is 20.3 Å². The van der Waals surface area contributed by atoms with Crippen molar-refractivity contribution in [3.8, 4) is 11.1 Å². The molecular formula is C23H20F4N4O3. The lowest BCUT2D eigenvalue weighted by Gasteiger charge is -2.39. The highest BCUT2D eigenvalue weighted by Crippen LogP contribution is 2.37. The van der Waals surface area contributed by atoms with Crippen LogP contribution in [0.2, 0.25) is 0 Å². The highest BCUT2D eigenvalue weighted by Gasteiger charge is 2.49. The molecular weight excluding hydrogens is 456 g/mol. The van der Waals surface area contributed by atoms with Crippen LogP contribution in [-0.4, -0.2) is 39.2 Å². The quantitative estimate of drug-likeness (QED) is 0.429. The first-order valence-corrected chi connectivity index (χ1v) is 10.2. The van der Waals surface area contributed by atoms with E-state index in [1.807, 2.05) is 0 Å². The predicted molar refractivity (Wildman–Crippen MR) is 113 cm³/mol. The Morgan fingerprint density at radius 2 is 1.79 bits per heavy atom. The van der Waals surface area contributed by atoms with Crippen molar-refractivity contribution < 1.29 is 32.2 Å². The molecule has 1 saturated heterocycles. The molecule has 0 radical (unpaired) electrons. The lowest BCUT2D eigenvalue weighted by atomic mass is 9.80. The monoisotopic (exact) mass is 476 g/mol. The van der Waals surface area contributed by atoms with E-state index in [1.165, 1.54) is 32.3 Å². The fourth-order valence-corrected chi connectivity index (χ4v) is 3.58. The van der Waals surface area contributed by atoms with Gasteiger partial charge in [-0.3, -0.25) is 14.8 Å². The predicted octanol–water partition coefficient (Wildman–Crippen LogP) is 3.83. The summed E-state index contributed by atoms with van der Waals surface area (Å²) in [6.45, 7) is 2.89. The van der Waals surface area contributed by atoms with Crippen LogP contribution in [0.1, 0.15) is 30.8 Å². The number of amides is 1. The van der Waals surface area contributed by atoms with Crippen molar-refractivity contribution in [2.24, 2.45) is 0 Å². The number of anilines is 1. The van der Waals surface area contributed by atoms with Gasteiger partial charge in [0, 0.05) is 23.5 Å². The number of aromatic nitrogens is 3. The van der Waals surface area contributed by atoms with E-state index < -0.39 is 34.7 Å². The van der Waals surface area contributed by atoms with Gasteiger partial charge < -0.3 is 15.2 Å². The number of hydrogen-bond donors (Lipinski definition) is 2. The Balaban J connectivity index is 1.65. The van der Waals surface area contributed by atoms with Gasteiger partial charge in [-0.15, -0.1) is 0 Å². The largest absolute Gasteiger partial charge is 0.433 e. The minimum Gasteiger partial charge on any atom is -0.386 e. The number of ether oxygens (including phenoxy) is 1. The second-order valence-corrected chi connectivity index (χ2v) is 8.50. The van der Waals surface area contributed by atoms with Crippen molar-refractivity contribution in [2.45, 2.75) is 31.0 Å². The Hall–Kier alpha value is -3.44. The van der Waals surface area contributed by atoms with Crippen molar-refractivity contribution in [1.82, 2.24) is 15.0 Å². The van der Waals surface area contributed by atoms with E-state index in [-0.39, 0.29) is 24.3 Å². The van der Waals surface area contributed by atoms with Crippen molar-refractivity contribution >= 4 is 11.6 Å². The third-order valence-corrected chi connectivity index (χ3v) is 5.54. The van der Waals surface area contributed by atoms with Gasteiger partial charge in [0.25, 0.3) is 0 Å². The number of aliphatic hydroxyl groups is 1. The molecule has 3 aromatic heterocycles. The third kappa shape index (κ3) is 4.48. The molecule has 0 atom stereocenters. The lowest BCUT2D eigenvalue weighted by Crippen LogP contribution is -2.56. The van der Waals surface area contributed by atoms with Gasteiger partial charge in [-0.05, 0) is 43.7 Å². The Bertz CT molecular complexity index is 1200. The summed E-state index contributed by atoms with van der Waals surface area (Å²) in [6.07, 6.45) is -1.03. The molecule has 0 unspecified atom stereocenters. The average Bonchev–Trinajstić information content (AvgIpc) is 2.73. The number of alkyl halides is 3. The van der Waals surface area contributed by atoms with Crippen LogP contribution in [0.3, 0.4) is 0 Å². The standard InChI is InChI=1S/C23H20F4N4O3/c1-21(2,33)16-7-18(23(25,26)27)29-10-15(16)13-3-5-17(28-8-13)22(11-34-12-22)20(32)31-14-4-6-19(24)30-9-14/h3-10,33H,11-12H2,1-2H3,(H,31,32). The molecule has 3 aromatic rings. The number of carbonyl (C=O) groups excluding carboxylic acids is 1. The third-order valence-electron chi connectivity index (χ3n) is 5.54. The van der Waals surface area contributed by atoms with Crippen LogP contribution in [0.25, 0.3) is 11.1 Å². The molecule has 178 valence electrons. The molecule has 2 N–H and O–H groups in total. The maximum atomic E-state index is 13.1. The first-order chi connectivity index (χ1) is 15.9. The molecule has 7 nitrogen and oxygen atoms in total. The van der Waals surface area contributed by atoms with E-state index in [0.29, 0.717) is 16.9 Å². The molecule has 0 aromatic carbocycles. The van der Waals surface area contributed by atoms with Crippen LogP contribution in [0, 0.1) is 5.95 Å². The van der Waals surface area contributed by atoms with Crippen molar-refractivity contribution in [2.75, 3.05) is 18.5 Å². The van der Waals surface area contributed by atoms with Crippen LogP contribution in [0.15, 0.2) is 48.9 Å². The molecule has 1 fully saturated rings. The summed E-state index contributed by atoms with van der Waals surface area (Å²) in [6, 6.07) is 6.47. The summed E-state index contributed by atoms with van der Waals surface area (Å²) in [7, 11) is 0. The minimum atomic E-state index is -4.66. The van der Waals surface area contributed by atoms with E-state index >= 15 is 0 Å². The van der Waals surface area contributed by atoms with Crippen molar-refractivity contribution in [3.05, 3.63) is 71.8 Å². The summed E-state index contributed by atoms with van der Waals surface area (Å²) in [5.74, 6) is -1.10. The zero-order valence-corrected chi connectivity index (χ0v) is 18.2. The molecule has 0 bridgehead atoms. The highest BCUT2D eigenvalue weighted by molar-refractivity contribution is 5.99. The minimum absolute atomic E-state index is 0.0348. The second-order valence-electron chi connectivity index (χ2n) is 8.50. The van der Waals surface area contributed by atoms with Gasteiger partial charge in [-0.25, -0.2) is 4.98 Å². The SMILES string of the molecule is CC(C)(O)c1cc(C(F)(F)F)ncc1-c1ccc(C2(C(=O)Nc3ccc(F)nc3)COC2)nc1. The smallest absolute Gasteiger partial charge is 0.386 e.